The molecule has 0 fully saturated rings. The predicted molar refractivity (Wildman–Crippen MR) is 114 cm³/mol. The maximum absolute atomic E-state index is 12.6. The Balaban J connectivity index is 1.47. The number of rotatable bonds is 6. The number of amides is 1. The van der Waals surface area contributed by atoms with Gasteiger partial charge in [-0.25, -0.2) is 0 Å². The molecular weight excluding hydrogens is 386 g/mol. The van der Waals surface area contributed by atoms with Gasteiger partial charge in [-0.05, 0) is 43.2 Å². The van der Waals surface area contributed by atoms with E-state index < -0.39 is 0 Å². The van der Waals surface area contributed by atoms with E-state index in [-0.39, 0.29) is 11.9 Å². The minimum absolute atomic E-state index is 0.0647. The SMILES string of the molecule is Cc1ccc([C@H]([NH2+]CC(=O)Nc2sc3c(c2C#N)CCC3)c2cccs2)cc1. The van der Waals surface area contributed by atoms with Crippen LogP contribution in [-0.2, 0) is 17.6 Å². The molecule has 0 bridgehead atoms. The van der Waals surface area contributed by atoms with Gasteiger partial charge in [-0.1, -0.05) is 35.9 Å². The van der Waals surface area contributed by atoms with Gasteiger partial charge >= 0.3 is 0 Å². The third-order valence-corrected chi connectivity index (χ3v) is 7.27. The van der Waals surface area contributed by atoms with Crippen molar-refractivity contribution in [2.24, 2.45) is 0 Å². The number of quaternary nitrogens is 1. The standard InChI is InChI=1S/C22H21N3OS2/c1-14-7-9-15(10-8-14)21(19-6-3-11-27-19)24-13-20(26)25-22-17(12-23)16-4-2-5-18(16)28-22/h3,6-11,21,24H,2,4-5,13H2,1H3,(H,25,26)/p+1/t21-/m0/s1. The Morgan fingerprint density at radius 3 is 2.82 bits per heavy atom. The molecule has 28 heavy (non-hydrogen) atoms. The lowest BCUT2D eigenvalue weighted by atomic mass is 10.0. The van der Waals surface area contributed by atoms with Crippen LogP contribution in [0.2, 0.25) is 0 Å². The highest BCUT2D eigenvalue weighted by atomic mass is 32.1. The van der Waals surface area contributed by atoms with Crippen molar-refractivity contribution >= 4 is 33.6 Å². The van der Waals surface area contributed by atoms with Gasteiger partial charge in [-0.2, -0.15) is 5.26 Å². The van der Waals surface area contributed by atoms with Gasteiger partial charge in [0.2, 0.25) is 0 Å². The highest BCUT2D eigenvalue weighted by molar-refractivity contribution is 7.16. The van der Waals surface area contributed by atoms with Crippen molar-refractivity contribution < 1.29 is 10.1 Å². The van der Waals surface area contributed by atoms with Gasteiger partial charge in [-0.15, -0.1) is 22.7 Å². The van der Waals surface area contributed by atoms with Crippen molar-refractivity contribution in [3.63, 3.8) is 0 Å². The van der Waals surface area contributed by atoms with Gasteiger partial charge in [0.25, 0.3) is 5.91 Å². The zero-order chi connectivity index (χ0) is 19.5. The largest absolute Gasteiger partial charge is 0.328 e. The molecule has 2 heterocycles. The van der Waals surface area contributed by atoms with E-state index in [0.29, 0.717) is 17.1 Å². The molecule has 0 saturated heterocycles. The van der Waals surface area contributed by atoms with Crippen molar-refractivity contribution in [3.05, 3.63) is 73.8 Å². The number of benzene rings is 1. The van der Waals surface area contributed by atoms with Crippen LogP contribution in [0.15, 0.2) is 41.8 Å². The number of carbonyl (C=O) groups is 1. The Kier molecular flexibility index (Phi) is 5.58. The average molecular weight is 409 g/mol. The first-order chi connectivity index (χ1) is 13.7. The van der Waals surface area contributed by atoms with Crippen LogP contribution in [0.5, 0.6) is 0 Å². The second-order valence-electron chi connectivity index (χ2n) is 7.07. The molecule has 0 unspecified atom stereocenters. The number of nitrogens with one attached hydrogen (secondary N) is 1. The first-order valence-electron chi connectivity index (χ1n) is 9.43. The van der Waals surface area contributed by atoms with Gasteiger partial charge in [0.1, 0.15) is 17.1 Å². The van der Waals surface area contributed by atoms with Crippen LogP contribution in [0, 0.1) is 18.3 Å². The average Bonchev–Trinajstić information content (AvgIpc) is 3.41. The van der Waals surface area contributed by atoms with Crippen LogP contribution in [0.3, 0.4) is 0 Å². The number of nitriles is 1. The molecule has 2 aromatic heterocycles. The van der Waals surface area contributed by atoms with Gasteiger partial charge in [-0.3, -0.25) is 4.79 Å². The van der Waals surface area contributed by atoms with Crippen molar-refractivity contribution in [1.82, 2.24) is 0 Å². The monoisotopic (exact) mass is 408 g/mol. The number of hydrogen-bond donors (Lipinski definition) is 2. The summed E-state index contributed by atoms with van der Waals surface area (Å²) >= 11 is 3.27. The summed E-state index contributed by atoms with van der Waals surface area (Å²) in [6.07, 6.45) is 3.08. The number of hydrogen-bond acceptors (Lipinski definition) is 4. The summed E-state index contributed by atoms with van der Waals surface area (Å²) in [4.78, 5) is 15.1. The molecule has 0 aliphatic heterocycles. The second-order valence-corrected chi connectivity index (χ2v) is 9.15. The number of carbonyl (C=O) groups excluding carboxylic acids is 1. The number of nitrogens with two attached hydrogens (primary N) is 1. The zero-order valence-corrected chi connectivity index (χ0v) is 17.3. The Hall–Kier alpha value is -2.46. The Morgan fingerprint density at radius 2 is 2.11 bits per heavy atom. The fourth-order valence-electron chi connectivity index (χ4n) is 3.67. The third kappa shape index (κ3) is 3.88. The van der Waals surface area contributed by atoms with E-state index >= 15 is 0 Å². The van der Waals surface area contributed by atoms with Crippen LogP contribution in [-0.4, -0.2) is 12.5 Å². The Labute approximate surface area is 172 Å². The van der Waals surface area contributed by atoms with Crippen LogP contribution >= 0.6 is 22.7 Å². The zero-order valence-electron chi connectivity index (χ0n) is 15.7. The molecule has 1 amide bonds. The van der Waals surface area contributed by atoms with Crippen molar-refractivity contribution in [2.75, 3.05) is 11.9 Å². The Bertz CT molecular complexity index is 1010. The molecule has 1 aromatic carbocycles. The van der Waals surface area contributed by atoms with E-state index in [2.05, 4.69) is 59.3 Å². The first-order valence-corrected chi connectivity index (χ1v) is 11.1. The third-order valence-electron chi connectivity index (χ3n) is 5.11. The first kappa shape index (κ1) is 18.9. The van der Waals surface area contributed by atoms with Gasteiger partial charge < -0.3 is 10.6 Å². The summed E-state index contributed by atoms with van der Waals surface area (Å²) < 4.78 is 0. The molecule has 4 nitrogen and oxygen atoms in total. The quantitative estimate of drug-likeness (QED) is 0.652. The number of aryl methyl sites for hydroxylation is 2. The van der Waals surface area contributed by atoms with E-state index in [4.69, 9.17) is 0 Å². The molecule has 1 atom stereocenters. The van der Waals surface area contributed by atoms with E-state index in [1.54, 1.807) is 22.7 Å². The Morgan fingerprint density at radius 1 is 1.29 bits per heavy atom. The topological polar surface area (TPSA) is 69.5 Å². The minimum atomic E-state index is -0.0647. The summed E-state index contributed by atoms with van der Waals surface area (Å²) in [5.41, 5.74) is 4.22. The van der Waals surface area contributed by atoms with Crippen molar-refractivity contribution in [3.8, 4) is 6.07 Å². The highest BCUT2D eigenvalue weighted by Gasteiger charge is 2.24. The molecule has 1 aliphatic carbocycles. The number of anilines is 1. The minimum Gasteiger partial charge on any atom is -0.328 e. The van der Waals surface area contributed by atoms with Gasteiger partial charge in [0.05, 0.1) is 10.4 Å². The second kappa shape index (κ2) is 8.27. The maximum Gasteiger partial charge on any atom is 0.280 e. The molecule has 4 rings (SSSR count). The van der Waals surface area contributed by atoms with E-state index in [0.717, 1.165) is 24.8 Å². The summed E-state index contributed by atoms with van der Waals surface area (Å²) in [5, 5.41) is 17.3. The summed E-state index contributed by atoms with van der Waals surface area (Å²) in [6.45, 7) is 2.39. The van der Waals surface area contributed by atoms with Gasteiger partial charge in [0.15, 0.2) is 6.54 Å². The fourth-order valence-corrected chi connectivity index (χ4v) is 5.78. The predicted octanol–water partition coefficient (Wildman–Crippen LogP) is 3.77. The smallest absolute Gasteiger partial charge is 0.280 e. The molecular formula is C22H22N3OS2+. The lowest BCUT2D eigenvalue weighted by Gasteiger charge is -2.15. The lowest BCUT2D eigenvalue weighted by molar-refractivity contribution is -0.675. The maximum atomic E-state index is 12.6. The van der Waals surface area contributed by atoms with Crippen LogP contribution in [0.1, 0.15) is 44.5 Å². The van der Waals surface area contributed by atoms with E-state index in [1.165, 1.54) is 20.9 Å². The number of thiophene rings is 2. The molecule has 0 radical (unpaired) electrons. The van der Waals surface area contributed by atoms with Gasteiger partial charge in [0, 0.05) is 10.4 Å². The molecule has 1 aliphatic rings. The molecule has 3 N–H and O–H groups in total. The molecule has 3 aromatic rings. The number of nitrogens with zero attached hydrogens (tertiary/aromatic N) is 1. The molecule has 0 spiro atoms. The summed E-state index contributed by atoms with van der Waals surface area (Å²) in [6, 6.07) is 15.0. The van der Waals surface area contributed by atoms with Crippen LogP contribution in [0.4, 0.5) is 5.00 Å². The fraction of sp³-hybridized carbons (Fsp3) is 0.273. The summed E-state index contributed by atoms with van der Waals surface area (Å²) in [5.74, 6) is -0.0647. The molecule has 142 valence electrons. The highest BCUT2D eigenvalue weighted by Crippen LogP contribution is 2.38. The molecule has 0 saturated carbocycles. The summed E-state index contributed by atoms with van der Waals surface area (Å²) in [7, 11) is 0. The van der Waals surface area contributed by atoms with E-state index in [9.17, 15) is 10.1 Å². The van der Waals surface area contributed by atoms with E-state index in [1.807, 2.05) is 6.07 Å². The van der Waals surface area contributed by atoms with Crippen LogP contribution < -0.4 is 10.6 Å². The van der Waals surface area contributed by atoms with Crippen molar-refractivity contribution in [2.45, 2.75) is 32.2 Å². The number of fused-ring (bicyclic) bond motifs is 1. The van der Waals surface area contributed by atoms with Crippen molar-refractivity contribution in [1.29, 1.82) is 5.26 Å². The molecule has 6 heteroatoms. The normalized spacial score (nSPS) is 13.7. The lowest BCUT2D eigenvalue weighted by Crippen LogP contribution is -2.87. The van der Waals surface area contributed by atoms with Crippen LogP contribution in [0.25, 0.3) is 0 Å².